The molecule has 1 aliphatic rings. The van der Waals surface area contributed by atoms with Gasteiger partial charge in [0.05, 0.1) is 18.7 Å². The number of aromatic nitrogens is 3. The molecule has 1 aromatic carbocycles. The summed E-state index contributed by atoms with van der Waals surface area (Å²) in [7, 11) is 1.33. The van der Waals surface area contributed by atoms with Gasteiger partial charge in [-0.25, -0.2) is 9.07 Å². The van der Waals surface area contributed by atoms with Crippen molar-refractivity contribution < 1.29 is 18.3 Å². The van der Waals surface area contributed by atoms with E-state index in [4.69, 9.17) is 16.3 Å². The van der Waals surface area contributed by atoms with Gasteiger partial charge in [0.25, 0.3) is 17.4 Å². The van der Waals surface area contributed by atoms with Crippen LogP contribution in [-0.2, 0) is 6.54 Å². The molecule has 1 atom stereocenters. The number of hydrogen-bond donors (Lipinski definition) is 0. The zero-order chi connectivity index (χ0) is 21.7. The van der Waals surface area contributed by atoms with E-state index in [9.17, 15) is 14.0 Å². The summed E-state index contributed by atoms with van der Waals surface area (Å²) in [4.78, 5) is 27.8. The zero-order valence-electron chi connectivity index (χ0n) is 16.6. The molecule has 1 aliphatic heterocycles. The van der Waals surface area contributed by atoms with Crippen molar-refractivity contribution in [3.8, 4) is 5.75 Å². The van der Waals surface area contributed by atoms with Crippen LogP contribution in [-0.4, -0.2) is 45.4 Å². The second-order valence-electron chi connectivity index (χ2n) is 7.17. The van der Waals surface area contributed by atoms with Crippen molar-refractivity contribution in [2.45, 2.75) is 26.4 Å². The monoisotopic (exact) mass is 436 g/mol. The fourth-order valence-corrected chi connectivity index (χ4v) is 4.16. The Labute approximate surface area is 175 Å². The molecule has 1 unspecified atom stereocenters. The second kappa shape index (κ2) is 7.39. The minimum atomic E-state index is -0.896. The van der Waals surface area contributed by atoms with E-state index >= 15 is 4.39 Å². The SMILES string of the molecule is CCN1CC(C)n2c(c(OC)c3c(=O)n(Cc4ccc(F)c(Cl)c4)nc(F)c32)C1=O. The number of nitrogens with zero attached hydrogens (tertiary/aromatic N) is 4. The largest absolute Gasteiger partial charge is 0.493 e. The highest BCUT2D eigenvalue weighted by atomic mass is 35.5. The molecule has 7 nitrogen and oxygen atoms in total. The number of carbonyl (C=O) groups excluding carboxylic acids is 1. The average molecular weight is 437 g/mol. The Hall–Kier alpha value is -2.94. The van der Waals surface area contributed by atoms with Gasteiger partial charge < -0.3 is 14.2 Å². The van der Waals surface area contributed by atoms with Gasteiger partial charge in [-0.1, -0.05) is 17.7 Å². The predicted molar refractivity (Wildman–Crippen MR) is 107 cm³/mol. The van der Waals surface area contributed by atoms with Gasteiger partial charge in [0, 0.05) is 19.1 Å². The summed E-state index contributed by atoms with van der Waals surface area (Å²) in [5.41, 5.74) is -0.0711. The van der Waals surface area contributed by atoms with E-state index in [1.54, 1.807) is 4.90 Å². The molecule has 0 aliphatic carbocycles. The van der Waals surface area contributed by atoms with Gasteiger partial charge >= 0.3 is 0 Å². The van der Waals surface area contributed by atoms with Gasteiger partial charge in [-0.2, -0.15) is 4.39 Å². The number of benzene rings is 1. The minimum Gasteiger partial charge on any atom is -0.493 e. The summed E-state index contributed by atoms with van der Waals surface area (Å²) in [6.45, 7) is 4.41. The maximum Gasteiger partial charge on any atom is 0.280 e. The first kappa shape index (κ1) is 20.3. The van der Waals surface area contributed by atoms with Crippen molar-refractivity contribution in [1.29, 1.82) is 0 Å². The molecule has 0 fully saturated rings. The standard InChI is InChI=1S/C20H19ClF2N4O3/c1-4-25-8-10(2)27-15-14(17(30-3)16(27)20(25)29)19(28)26(24-18(15)23)9-11-5-6-13(22)12(21)7-11/h5-7,10H,4,8-9H2,1-3H3. The van der Waals surface area contributed by atoms with E-state index in [0.29, 0.717) is 18.7 Å². The first-order valence-corrected chi connectivity index (χ1v) is 9.77. The summed E-state index contributed by atoms with van der Waals surface area (Å²) < 4.78 is 36.4. The Morgan fingerprint density at radius 3 is 2.67 bits per heavy atom. The normalized spacial score (nSPS) is 16.3. The fraction of sp³-hybridized carbons (Fsp3) is 0.350. The van der Waals surface area contributed by atoms with Crippen LogP contribution in [0.3, 0.4) is 0 Å². The van der Waals surface area contributed by atoms with Crippen molar-refractivity contribution >= 4 is 28.4 Å². The molecule has 0 saturated heterocycles. The summed E-state index contributed by atoms with van der Waals surface area (Å²) in [5, 5.41) is 3.64. The van der Waals surface area contributed by atoms with Gasteiger partial charge in [0.15, 0.2) is 11.4 Å². The number of ether oxygens (including phenoxy) is 1. The van der Waals surface area contributed by atoms with Crippen molar-refractivity contribution in [3.05, 3.63) is 56.6 Å². The van der Waals surface area contributed by atoms with Crippen molar-refractivity contribution in [3.63, 3.8) is 0 Å². The van der Waals surface area contributed by atoms with E-state index in [0.717, 1.165) is 10.7 Å². The van der Waals surface area contributed by atoms with Crippen LogP contribution < -0.4 is 10.3 Å². The smallest absolute Gasteiger partial charge is 0.280 e. The van der Waals surface area contributed by atoms with Gasteiger partial charge in [-0.3, -0.25) is 9.59 Å². The van der Waals surface area contributed by atoms with Crippen LogP contribution in [0, 0.1) is 11.8 Å². The molecule has 3 aromatic rings. The maximum absolute atomic E-state index is 15.1. The molecule has 0 bridgehead atoms. The molecule has 2 aromatic heterocycles. The third-order valence-corrected chi connectivity index (χ3v) is 5.62. The molecule has 3 heterocycles. The lowest BCUT2D eigenvalue weighted by Crippen LogP contribution is -2.42. The van der Waals surface area contributed by atoms with Crippen LogP contribution in [0.2, 0.25) is 5.02 Å². The lowest BCUT2D eigenvalue weighted by Gasteiger charge is -2.32. The highest BCUT2D eigenvalue weighted by Crippen LogP contribution is 2.38. The number of amides is 1. The summed E-state index contributed by atoms with van der Waals surface area (Å²) in [6, 6.07) is 3.67. The summed E-state index contributed by atoms with van der Waals surface area (Å²) in [5.74, 6) is -1.81. The predicted octanol–water partition coefficient (Wildman–Crippen LogP) is 3.22. The Morgan fingerprint density at radius 1 is 1.30 bits per heavy atom. The minimum absolute atomic E-state index is 0.0252. The Kier molecular flexibility index (Phi) is 5.01. The number of carbonyl (C=O) groups is 1. The average Bonchev–Trinajstić information content (AvgIpc) is 3.08. The number of fused-ring (bicyclic) bond motifs is 3. The van der Waals surface area contributed by atoms with Crippen LogP contribution in [0.5, 0.6) is 5.75 Å². The Balaban J connectivity index is 1.96. The molecule has 0 spiro atoms. The molecular formula is C20H19ClF2N4O3. The van der Waals surface area contributed by atoms with Crippen LogP contribution in [0.4, 0.5) is 8.78 Å². The Morgan fingerprint density at radius 2 is 2.03 bits per heavy atom. The van der Waals surface area contributed by atoms with Crippen LogP contribution >= 0.6 is 11.6 Å². The number of rotatable bonds is 4. The molecule has 30 heavy (non-hydrogen) atoms. The highest BCUT2D eigenvalue weighted by Gasteiger charge is 2.37. The first-order chi connectivity index (χ1) is 14.3. The number of methoxy groups -OCH3 is 1. The van der Waals surface area contributed by atoms with Crippen LogP contribution in [0.15, 0.2) is 23.0 Å². The molecule has 1 amide bonds. The maximum atomic E-state index is 15.1. The van der Waals surface area contributed by atoms with E-state index in [2.05, 4.69) is 5.10 Å². The van der Waals surface area contributed by atoms with Gasteiger partial charge in [-0.15, -0.1) is 5.10 Å². The fourth-order valence-electron chi connectivity index (χ4n) is 3.96. The molecule has 158 valence electrons. The van der Waals surface area contributed by atoms with E-state index in [1.807, 2.05) is 13.8 Å². The van der Waals surface area contributed by atoms with Crippen molar-refractivity contribution in [1.82, 2.24) is 19.2 Å². The second-order valence-corrected chi connectivity index (χ2v) is 7.58. The zero-order valence-corrected chi connectivity index (χ0v) is 17.3. The van der Waals surface area contributed by atoms with Crippen molar-refractivity contribution in [2.75, 3.05) is 20.2 Å². The number of hydrogen-bond acceptors (Lipinski definition) is 4. The highest BCUT2D eigenvalue weighted by molar-refractivity contribution is 6.30. The van der Waals surface area contributed by atoms with Crippen molar-refractivity contribution in [2.24, 2.45) is 0 Å². The van der Waals surface area contributed by atoms with Crippen LogP contribution in [0.1, 0.15) is 35.9 Å². The van der Waals surface area contributed by atoms with Crippen LogP contribution in [0.25, 0.3) is 10.9 Å². The van der Waals surface area contributed by atoms with Gasteiger partial charge in [-0.05, 0) is 31.5 Å². The number of halogens is 3. The lowest BCUT2D eigenvalue weighted by atomic mass is 10.2. The molecular weight excluding hydrogens is 418 g/mol. The molecule has 0 radical (unpaired) electrons. The molecule has 10 heteroatoms. The number of likely N-dealkylation sites (N-methyl/N-ethyl adjacent to an activating group) is 1. The topological polar surface area (TPSA) is 69.4 Å². The molecule has 0 saturated carbocycles. The third-order valence-electron chi connectivity index (χ3n) is 5.33. The van der Waals surface area contributed by atoms with E-state index < -0.39 is 17.3 Å². The Bertz CT molecular complexity index is 1240. The third kappa shape index (κ3) is 2.96. The van der Waals surface area contributed by atoms with E-state index in [1.165, 1.54) is 23.8 Å². The van der Waals surface area contributed by atoms with Gasteiger partial charge in [0.2, 0.25) is 0 Å². The molecule has 4 rings (SSSR count). The molecule has 0 N–H and O–H groups in total. The summed E-state index contributed by atoms with van der Waals surface area (Å²) in [6.07, 6.45) is 0. The van der Waals surface area contributed by atoms with Gasteiger partial charge in [0.1, 0.15) is 16.7 Å². The lowest BCUT2D eigenvalue weighted by molar-refractivity contribution is 0.0685. The quantitative estimate of drug-likeness (QED) is 0.629. The first-order valence-electron chi connectivity index (χ1n) is 9.40. The van der Waals surface area contributed by atoms with E-state index in [-0.39, 0.29) is 45.9 Å². The summed E-state index contributed by atoms with van der Waals surface area (Å²) >= 11 is 5.80.